The van der Waals surface area contributed by atoms with Gasteiger partial charge in [0.05, 0.1) is 16.5 Å². The lowest BCUT2D eigenvalue weighted by Crippen LogP contribution is -2.61. The third-order valence-electron chi connectivity index (χ3n) is 16.7. The van der Waals surface area contributed by atoms with E-state index in [1.165, 1.54) is 19.6 Å². The fraction of sp³-hybridized carbons (Fsp3) is 0.891. The van der Waals surface area contributed by atoms with Crippen LogP contribution in [0.5, 0.6) is 0 Å². The van der Waals surface area contributed by atoms with E-state index < -0.39 is 80.0 Å². The molecule has 2 N–H and O–H groups in total. The summed E-state index contributed by atoms with van der Waals surface area (Å²) in [5, 5.41) is 19.7. The topological polar surface area (TPSA) is 93.1 Å². The molecule has 22 heteroatoms. The number of fused-ring (bicyclic) bond motifs is 2. The summed E-state index contributed by atoms with van der Waals surface area (Å²) in [6.45, 7) is 25.3. The standard InChI is InChI=1S/C30H50F6O3Si2.C24H34F6O3.CH2Cl2/c1-25(2,38-40(5,6)7)17-12-18-26(3,24-16-15-22-23(37)14-11-20-27(22,24)4)19-13-21-28(29(31,32)33,30(34,35)36)39-41(8,9)10;1-19(2,32)11-6-12-20(3,13-7-15-22(33,23(25,26)27)24(28,29)30)18-10-9-16-17(31)8-5-14-21(16,18)4;2-1-3/h22,24H,11-12,14-20H2,1-10H3;16,18,32-33H,5-6,8-14H2,1-4H3;1H2/t22?,24-,26?,27+;16?,18-,20?,21+;/m11./s1. The highest BCUT2D eigenvalue weighted by Gasteiger charge is 2.73. The number of halogens is 14. The Morgan fingerprint density at radius 3 is 1.23 bits per heavy atom. The summed E-state index contributed by atoms with van der Waals surface area (Å²) in [5.41, 5.74) is -13.2. The Morgan fingerprint density at radius 1 is 0.558 bits per heavy atom. The predicted molar refractivity (Wildman–Crippen MR) is 283 cm³/mol. The first-order valence-electron chi connectivity index (χ1n) is 26.7. The maximum atomic E-state index is 14.1. The zero-order chi connectivity index (χ0) is 60.1. The molecule has 0 aromatic heterocycles. The second kappa shape index (κ2) is 25.5. The molecule has 0 spiro atoms. The molecule has 4 rings (SSSR count). The summed E-state index contributed by atoms with van der Waals surface area (Å²) < 4.78 is 174. The van der Waals surface area contributed by atoms with Crippen molar-refractivity contribution in [3.63, 3.8) is 0 Å². The van der Waals surface area contributed by atoms with Crippen LogP contribution >= 0.6 is 23.2 Å². The SMILES string of the molecule is CC(C)(CCCC(C)(CC#CC(O[Si](C)(C)C)(C(F)(F)F)C(F)(F)F)[C@H]1CCC2C(=O)CCC[C@@]21C)O[Si](C)(C)C.CC(C)(O)CCCC(C)(CC#CC(O)(C(F)(F)F)C(F)(F)F)[C@H]1CCC2C(=O)CCC[C@@]21C.ClCCl. The number of carbonyl (C=O) groups is 2. The van der Waals surface area contributed by atoms with Gasteiger partial charge in [-0.3, -0.25) is 9.59 Å². The van der Waals surface area contributed by atoms with E-state index in [0.717, 1.165) is 25.2 Å². The van der Waals surface area contributed by atoms with Gasteiger partial charge in [0.15, 0.2) is 16.6 Å². The third-order valence-corrected chi connectivity index (χ3v) is 18.7. The number of Topliss-reactive ketones (excluding diaryl/α,β-unsaturated/α-hetero) is 2. The molecule has 0 aromatic carbocycles. The van der Waals surface area contributed by atoms with Gasteiger partial charge >= 0.3 is 35.9 Å². The smallest absolute Gasteiger partial charge is 0.413 e. The van der Waals surface area contributed by atoms with Crippen molar-refractivity contribution in [2.75, 3.05) is 5.34 Å². The van der Waals surface area contributed by atoms with Crippen molar-refractivity contribution in [3.8, 4) is 23.7 Å². The van der Waals surface area contributed by atoms with Gasteiger partial charge in [-0.2, -0.15) is 52.7 Å². The molecule has 0 heterocycles. The predicted octanol–water partition coefficient (Wildman–Crippen LogP) is 17.1. The number of hydrogen-bond donors (Lipinski definition) is 2. The van der Waals surface area contributed by atoms with E-state index in [1.54, 1.807) is 26.7 Å². The molecule has 0 aliphatic heterocycles. The van der Waals surface area contributed by atoms with Crippen molar-refractivity contribution in [2.24, 2.45) is 45.3 Å². The second-order valence-corrected chi connectivity index (χ2v) is 36.1. The molecule has 4 aliphatic rings. The van der Waals surface area contributed by atoms with Crippen LogP contribution in [-0.4, -0.2) is 90.9 Å². The summed E-state index contributed by atoms with van der Waals surface area (Å²) in [7, 11) is -5.17. The Morgan fingerprint density at radius 2 is 0.909 bits per heavy atom. The average molecular weight is 1200 g/mol. The average Bonchev–Trinajstić information content (AvgIpc) is 3.76. The van der Waals surface area contributed by atoms with Crippen LogP contribution in [0.1, 0.15) is 171 Å². The molecule has 77 heavy (non-hydrogen) atoms. The van der Waals surface area contributed by atoms with Gasteiger partial charge < -0.3 is 19.1 Å². The first-order valence-corrected chi connectivity index (χ1v) is 34.5. The molecule has 0 saturated heterocycles. The molecule has 4 unspecified atom stereocenters. The van der Waals surface area contributed by atoms with E-state index in [2.05, 4.69) is 32.5 Å². The lowest BCUT2D eigenvalue weighted by atomic mass is 9.56. The fourth-order valence-corrected chi connectivity index (χ4v) is 16.6. The van der Waals surface area contributed by atoms with E-state index in [-0.39, 0.29) is 58.8 Å². The van der Waals surface area contributed by atoms with E-state index in [0.29, 0.717) is 83.5 Å². The van der Waals surface area contributed by atoms with Crippen molar-refractivity contribution in [3.05, 3.63) is 0 Å². The molecule has 0 aromatic rings. The molecule has 4 saturated carbocycles. The number of alkyl halides is 14. The first-order chi connectivity index (χ1) is 34.4. The highest BCUT2D eigenvalue weighted by atomic mass is 35.5. The molecule has 4 fully saturated rings. The molecular weight excluding hydrogens is 1110 g/mol. The van der Waals surface area contributed by atoms with Gasteiger partial charge in [0.2, 0.25) is 0 Å². The quantitative estimate of drug-likeness (QED) is 0.0692. The molecule has 0 bridgehead atoms. The van der Waals surface area contributed by atoms with Gasteiger partial charge in [-0.15, -0.1) is 23.2 Å². The van der Waals surface area contributed by atoms with Crippen molar-refractivity contribution in [2.45, 2.75) is 257 Å². The molecule has 4 aliphatic carbocycles. The Bertz CT molecular complexity index is 2080. The number of ketones is 2. The Labute approximate surface area is 462 Å². The summed E-state index contributed by atoms with van der Waals surface area (Å²) in [5.74, 6) is 7.05. The van der Waals surface area contributed by atoms with E-state index in [4.69, 9.17) is 32.1 Å². The zero-order valence-corrected chi connectivity index (χ0v) is 51.1. The molecule has 0 radical (unpaired) electrons. The van der Waals surface area contributed by atoms with Crippen LogP contribution in [0.25, 0.3) is 0 Å². The highest BCUT2D eigenvalue weighted by molar-refractivity contribution is 6.70. The van der Waals surface area contributed by atoms with Gasteiger partial charge in [-0.05, 0) is 189 Å². The lowest BCUT2D eigenvalue weighted by Gasteiger charge is -2.48. The largest absolute Gasteiger partial charge is 0.438 e. The molecule has 8 atom stereocenters. The van der Waals surface area contributed by atoms with Crippen LogP contribution in [-0.2, 0) is 18.4 Å². The van der Waals surface area contributed by atoms with Gasteiger partial charge in [0.1, 0.15) is 11.6 Å². The van der Waals surface area contributed by atoms with Gasteiger partial charge in [0.25, 0.3) is 0 Å². The van der Waals surface area contributed by atoms with Crippen LogP contribution in [0.4, 0.5) is 52.7 Å². The van der Waals surface area contributed by atoms with Gasteiger partial charge in [0, 0.05) is 37.5 Å². The molecular formula is C55H86Cl2F12O6Si2. The number of hydrogen-bond acceptors (Lipinski definition) is 6. The van der Waals surface area contributed by atoms with Crippen molar-refractivity contribution >= 4 is 51.4 Å². The summed E-state index contributed by atoms with van der Waals surface area (Å²) in [6.07, 6.45) is -14.0. The second-order valence-electron chi connectivity index (χ2n) is 26.5. The minimum absolute atomic E-state index is 0.0522. The van der Waals surface area contributed by atoms with E-state index >= 15 is 0 Å². The lowest BCUT2D eigenvalue weighted by molar-refractivity contribution is -0.343. The van der Waals surface area contributed by atoms with Crippen molar-refractivity contribution in [1.82, 2.24) is 0 Å². The monoisotopic (exact) mass is 1200 g/mol. The van der Waals surface area contributed by atoms with Crippen molar-refractivity contribution < 1.29 is 81.3 Å². The number of carbonyl (C=O) groups excluding carboxylic acids is 2. The third kappa shape index (κ3) is 18.2. The van der Waals surface area contributed by atoms with Crippen LogP contribution in [0, 0.1) is 69.0 Å². The first kappa shape index (κ1) is 71.6. The minimum Gasteiger partial charge on any atom is -0.413 e. The fourth-order valence-electron chi connectivity index (χ4n) is 13.6. The van der Waals surface area contributed by atoms with E-state index in [9.17, 15) is 72.5 Å². The van der Waals surface area contributed by atoms with Crippen LogP contribution in [0.15, 0.2) is 0 Å². The Hall–Kier alpha value is -1.53. The highest BCUT2D eigenvalue weighted by Crippen LogP contribution is 2.63. The van der Waals surface area contributed by atoms with Crippen LogP contribution in [0.3, 0.4) is 0 Å². The van der Waals surface area contributed by atoms with Gasteiger partial charge in [-0.25, -0.2) is 0 Å². The van der Waals surface area contributed by atoms with Crippen LogP contribution < -0.4 is 0 Å². The molecule has 0 amide bonds. The summed E-state index contributed by atoms with van der Waals surface area (Å²) >= 11 is 9.53. The Balaban J connectivity index is 0.000000511. The maximum absolute atomic E-state index is 14.1. The number of rotatable bonds is 16. The maximum Gasteiger partial charge on any atom is 0.438 e. The molecule has 448 valence electrons. The minimum atomic E-state index is -5.99. The number of aliphatic hydroxyl groups is 2. The Kier molecular flexibility index (Phi) is 23.7. The van der Waals surface area contributed by atoms with E-state index in [1.807, 2.05) is 33.6 Å². The van der Waals surface area contributed by atoms with Crippen molar-refractivity contribution in [1.29, 1.82) is 0 Å². The normalized spacial score (nSPS) is 26.5. The molecule has 6 nitrogen and oxygen atoms in total. The summed E-state index contributed by atoms with van der Waals surface area (Å²) in [4.78, 5) is 25.3. The zero-order valence-electron chi connectivity index (χ0n) is 47.6. The van der Waals surface area contributed by atoms with Gasteiger partial charge in [-0.1, -0.05) is 52.4 Å². The van der Waals surface area contributed by atoms with Crippen LogP contribution in [0.2, 0.25) is 39.3 Å². The summed E-state index contributed by atoms with van der Waals surface area (Å²) in [6, 6.07) is 0.